The zero-order valence-corrected chi connectivity index (χ0v) is 16.3. The monoisotopic (exact) mass is 433 g/mol. The third kappa shape index (κ3) is 3.86. The van der Waals surface area contributed by atoms with E-state index in [1.807, 2.05) is 18.2 Å². The van der Waals surface area contributed by atoms with E-state index in [0.29, 0.717) is 16.5 Å². The Morgan fingerprint density at radius 1 is 1.27 bits per heavy atom. The summed E-state index contributed by atoms with van der Waals surface area (Å²) in [6, 6.07) is 10.7. The van der Waals surface area contributed by atoms with Gasteiger partial charge in [-0.2, -0.15) is 0 Å². The fourth-order valence-corrected chi connectivity index (χ4v) is 4.26. The number of aromatic nitrogens is 3. The molecule has 1 atom stereocenters. The number of hydrogen-bond acceptors (Lipinski definition) is 6. The summed E-state index contributed by atoms with van der Waals surface area (Å²) in [6.45, 7) is 2.72. The summed E-state index contributed by atoms with van der Waals surface area (Å²) in [6.07, 6.45) is 2.87. The molecule has 8 heteroatoms. The zero-order valence-electron chi connectivity index (χ0n) is 13.9. The van der Waals surface area contributed by atoms with E-state index in [4.69, 9.17) is 0 Å². The quantitative estimate of drug-likeness (QED) is 0.644. The van der Waals surface area contributed by atoms with Gasteiger partial charge >= 0.3 is 0 Å². The molecule has 1 N–H and O–H groups in total. The van der Waals surface area contributed by atoms with E-state index in [9.17, 15) is 4.39 Å². The van der Waals surface area contributed by atoms with Crippen LogP contribution in [0.1, 0.15) is 6.42 Å². The Kier molecular flexibility index (Phi) is 5.12. The van der Waals surface area contributed by atoms with Crippen LogP contribution in [0.3, 0.4) is 0 Å². The first-order chi connectivity index (χ1) is 12.7. The lowest BCUT2D eigenvalue weighted by Gasteiger charge is -2.14. The summed E-state index contributed by atoms with van der Waals surface area (Å²) in [5, 5.41) is 13.3. The van der Waals surface area contributed by atoms with E-state index in [2.05, 4.69) is 41.3 Å². The fraction of sp³-hybridized carbons (Fsp3) is 0.278. The predicted octanol–water partition coefficient (Wildman–Crippen LogP) is 4.44. The highest BCUT2D eigenvalue weighted by Gasteiger charge is 2.25. The van der Waals surface area contributed by atoms with Crippen LogP contribution in [0.25, 0.3) is 10.6 Å². The van der Waals surface area contributed by atoms with Crippen LogP contribution in [0.5, 0.6) is 0 Å². The molecule has 1 unspecified atom stereocenters. The van der Waals surface area contributed by atoms with Crippen molar-refractivity contribution in [1.82, 2.24) is 15.2 Å². The molecule has 0 spiro atoms. The zero-order chi connectivity index (χ0) is 17.9. The maximum absolute atomic E-state index is 14.1. The molecule has 0 aliphatic carbocycles. The molecule has 1 saturated heterocycles. The van der Waals surface area contributed by atoms with E-state index in [0.717, 1.165) is 41.5 Å². The van der Waals surface area contributed by atoms with Crippen LogP contribution in [0, 0.1) is 11.7 Å². The molecule has 1 aliphatic heterocycles. The Hall–Kier alpha value is -2.06. The summed E-state index contributed by atoms with van der Waals surface area (Å²) in [5.74, 6) is 1.14. The molecule has 134 valence electrons. The van der Waals surface area contributed by atoms with Gasteiger partial charge in [-0.1, -0.05) is 33.3 Å². The molecule has 1 aromatic carbocycles. The van der Waals surface area contributed by atoms with Gasteiger partial charge in [0.25, 0.3) is 0 Å². The van der Waals surface area contributed by atoms with E-state index < -0.39 is 0 Å². The number of halogens is 2. The highest BCUT2D eigenvalue weighted by atomic mass is 79.9. The number of nitrogens with zero attached hydrogens (tertiary/aromatic N) is 4. The highest BCUT2D eigenvalue weighted by molar-refractivity contribution is 9.10. The summed E-state index contributed by atoms with van der Waals surface area (Å²) < 4.78 is 14.9. The summed E-state index contributed by atoms with van der Waals surface area (Å²) in [7, 11) is 0. The van der Waals surface area contributed by atoms with Crippen LogP contribution in [0.4, 0.5) is 15.3 Å². The molecule has 1 fully saturated rings. The largest absolute Gasteiger partial charge is 0.370 e. The molecule has 0 amide bonds. The predicted molar refractivity (Wildman–Crippen MR) is 106 cm³/mol. The van der Waals surface area contributed by atoms with E-state index in [-0.39, 0.29) is 5.82 Å². The second-order valence-corrected chi connectivity index (χ2v) is 8.08. The van der Waals surface area contributed by atoms with Crippen molar-refractivity contribution in [3.8, 4) is 10.6 Å². The standard InChI is InChI=1S/C18H17BrFN5S/c19-13-4-5-15(20)14(9-13)17-23-24-18(26-17)25-8-6-12(11-25)10-22-16-3-1-2-7-21-16/h1-5,7,9,12H,6,8,10-11H2,(H,21,22). The Bertz CT molecular complexity index is 888. The lowest BCUT2D eigenvalue weighted by molar-refractivity contribution is 0.621. The van der Waals surface area contributed by atoms with Crippen molar-refractivity contribution in [3.63, 3.8) is 0 Å². The molecule has 5 nitrogen and oxygen atoms in total. The van der Waals surface area contributed by atoms with Gasteiger partial charge in [0.1, 0.15) is 11.6 Å². The maximum Gasteiger partial charge on any atom is 0.208 e. The molecular weight excluding hydrogens is 417 g/mol. The Morgan fingerprint density at radius 3 is 3.04 bits per heavy atom. The van der Waals surface area contributed by atoms with Gasteiger partial charge in [-0.05, 0) is 42.7 Å². The highest BCUT2D eigenvalue weighted by Crippen LogP contribution is 2.34. The molecule has 3 heterocycles. The number of anilines is 2. The molecular formula is C18H17BrFN5S. The van der Waals surface area contributed by atoms with Gasteiger partial charge in [0.05, 0.1) is 0 Å². The topological polar surface area (TPSA) is 53.9 Å². The second-order valence-electron chi connectivity index (χ2n) is 6.21. The Morgan fingerprint density at radius 2 is 2.19 bits per heavy atom. The molecule has 0 bridgehead atoms. The van der Waals surface area contributed by atoms with Crippen molar-refractivity contribution in [3.05, 3.63) is 52.9 Å². The second kappa shape index (κ2) is 7.67. The van der Waals surface area contributed by atoms with Gasteiger partial charge < -0.3 is 10.2 Å². The SMILES string of the molecule is Fc1ccc(Br)cc1-c1nnc(N2CCC(CNc3ccccn3)C2)s1. The van der Waals surface area contributed by atoms with E-state index in [1.54, 1.807) is 18.3 Å². The van der Waals surface area contributed by atoms with Crippen LogP contribution >= 0.6 is 27.3 Å². The third-order valence-corrected chi connectivity index (χ3v) is 5.88. The smallest absolute Gasteiger partial charge is 0.208 e. The number of nitrogens with one attached hydrogen (secondary N) is 1. The number of benzene rings is 1. The van der Waals surface area contributed by atoms with Crippen molar-refractivity contribution in [1.29, 1.82) is 0 Å². The Balaban J connectivity index is 1.40. The summed E-state index contributed by atoms with van der Waals surface area (Å²) in [4.78, 5) is 6.51. The molecule has 0 saturated carbocycles. The summed E-state index contributed by atoms with van der Waals surface area (Å²) >= 11 is 4.81. The van der Waals surface area contributed by atoms with Crippen LogP contribution in [-0.4, -0.2) is 34.8 Å². The van der Waals surface area contributed by atoms with Gasteiger partial charge in [-0.15, -0.1) is 10.2 Å². The first kappa shape index (κ1) is 17.4. The molecule has 2 aromatic heterocycles. The molecule has 3 aromatic rings. The van der Waals surface area contributed by atoms with Crippen LogP contribution in [0.2, 0.25) is 0 Å². The van der Waals surface area contributed by atoms with E-state index in [1.165, 1.54) is 17.4 Å². The Labute approximate surface area is 163 Å². The molecule has 1 aliphatic rings. The molecule has 0 radical (unpaired) electrons. The first-order valence-corrected chi connectivity index (χ1v) is 9.99. The van der Waals surface area contributed by atoms with Crippen LogP contribution < -0.4 is 10.2 Å². The first-order valence-electron chi connectivity index (χ1n) is 8.38. The number of pyridine rings is 1. The van der Waals surface area contributed by atoms with Crippen molar-refractivity contribution in [2.24, 2.45) is 5.92 Å². The van der Waals surface area contributed by atoms with Crippen molar-refractivity contribution < 1.29 is 4.39 Å². The van der Waals surface area contributed by atoms with Gasteiger partial charge in [0.15, 0.2) is 5.01 Å². The van der Waals surface area contributed by atoms with Gasteiger partial charge in [-0.25, -0.2) is 9.37 Å². The van der Waals surface area contributed by atoms with E-state index >= 15 is 0 Å². The molecule has 4 rings (SSSR count). The normalized spacial score (nSPS) is 16.8. The van der Waals surface area contributed by atoms with Crippen molar-refractivity contribution >= 4 is 38.2 Å². The average Bonchev–Trinajstić information content (AvgIpc) is 3.32. The number of hydrogen-bond donors (Lipinski definition) is 1. The fourth-order valence-electron chi connectivity index (χ4n) is 3.00. The van der Waals surface area contributed by atoms with Gasteiger partial charge in [0, 0.05) is 35.9 Å². The number of rotatable bonds is 5. The van der Waals surface area contributed by atoms with Crippen molar-refractivity contribution in [2.75, 3.05) is 29.9 Å². The summed E-state index contributed by atoms with van der Waals surface area (Å²) in [5.41, 5.74) is 0.482. The van der Waals surface area contributed by atoms with Crippen LogP contribution in [0.15, 0.2) is 47.1 Å². The average molecular weight is 434 g/mol. The molecule has 26 heavy (non-hydrogen) atoms. The van der Waals surface area contributed by atoms with Crippen molar-refractivity contribution in [2.45, 2.75) is 6.42 Å². The maximum atomic E-state index is 14.1. The van der Waals surface area contributed by atoms with Gasteiger partial charge in [-0.3, -0.25) is 0 Å². The minimum Gasteiger partial charge on any atom is -0.370 e. The minimum absolute atomic E-state index is 0.283. The lowest BCUT2D eigenvalue weighted by atomic mass is 10.1. The lowest BCUT2D eigenvalue weighted by Crippen LogP contribution is -2.22. The minimum atomic E-state index is -0.283. The third-order valence-electron chi connectivity index (χ3n) is 4.37. The van der Waals surface area contributed by atoms with Crippen LogP contribution in [-0.2, 0) is 0 Å². The van der Waals surface area contributed by atoms with Gasteiger partial charge in [0.2, 0.25) is 5.13 Å².